The van der Waals surface area contributed by atoms with E-state index in [-0.39, 0.29) is 17.9 Å². The highest BCUT2D eigenvalue weighted by molar-refractivity contribution is 9.10. The van der Waals surface area contributed by atoms with E-state index in [9.17, 15) is 9.59 Å². The molecule has 7 heteroatoms. The van der Waals surface area contributed by atoms with E-state index in [0.29, 0.717) is 13.0 Å². The fourth-order valence-corrected chi connectivity index (χ4v) is 4.13. The minimum atomic E-state index is -0.590. The molecule has 2 aromatic rings. The summed E-state index contributed by atoms with van der Waals surface area (Å²) in [5, 5.41) is 7.12. The van der Waals surface area contributed by atoms with Crippen molar-refractivity contribution in [1.82, 2.24) is 15.3 Å². The maximum atomic E-state index is 12.7. The molecule has 2 aromatic carbocycles. The molecular weight excluding hydrogens is 410 g/mol. The quantitative estimate of drug-likeness (QED) is 0.759. The molecule has 0 unspecified atom stereocenters. The SMILES string of the molecule is COC(=O)[C@H]1N[C@@H](c2ccc(Br)cc2)N2C(=O)CCN2[C@@H]1c1ccccc1. The number of hydrogen-bond donors (Lipinski definition) is 1. The third kappa shape index (κ3) is 3.26. The molecule has 1 N–H and O–H groups in total. The van der Waals surface area contributed by atoms with Crippen LogP contribution in [0.2, 0.25) is 0 Å². The van der Waals surface area contributed by atoms with Crippen LogP contribution in [0.3, 0.4) is 0 Å². The number of halogens is 1. The number of amides is 1. The van der Waals surface area contributed by atoms with E-state index in [1.54, 1.807) is 5.01 Å². The van der Waals surface area contributed by atoms with Crippen LogP contribution in [0.4, 0.5) is 0 Å². The first-order valence-electron chi connectivity index (χ1n) is 8.83. The summed E-state index contributed by atoms with van der Waals surface area (Å²) < 4.78 is 6.04. The van der Waals surface area contributed by atoms with Crippen molar-refractivity contribution in [2.24, 2.45) is 0 Å². The van der Waals surface area contributed by atoms with Gasteiger partial charge in [0.25, 0.3) is 0 Å². The van der Waals surface area contributed by atoms with E-state index in [0.717, 1.165) is 15.6 Å². The highest BCUT2D eigenvalue weighted by Crippen LogP contribution is 2.40. The summed E-state index contributed by atoms with van der Waals surface area (Å²) in [5.41, 5.74) is 1.88. The summed E-state index contributed by atoms with van der Waals surface area (Å²) in [6, 6.07) is 16.6. The number of esters is 1. The van der Waals surface area contributed by atoms with Gasteiger partial charge in [0.1, 0.15) is 12.2 Å². The second-order valence-electron chi connectivity index (χ2n) is 6.63. The standard InChI is InChI=1S/C20H20BrN3O3/c1-27-20(26)17-18(13-5-3-2-4-6-13)23-12-11-16(25)24(23)19(22-17)14-7-9-15(21)10-8-14/h2-10,17-19,22H,11-12H2,1H3/t17-,18+,19+/m0/s1. The van der Waals surface area contributed by atoms with Crippen LogP contribution in [0, 0.1) is 0 Å². The number of rotatable bonds is 3. The molecule has 2 heterocycles. The predicted molar refractivity (Wildman–Crippen MR) is 103 cm³/mol. The lowest BCUT2D eigenvalue weighted by Gasteiger charge is -2.48. The smallest absolute Gasteiger partial charge is 0.325 e. The summed E-state index contributed by atoms with van der Waals surface area (Å²) in [4.78, 5) is 25.3. The molecule has 2 aliphatic rings. The van der Waals surface area contributed by atoms with E-state index < -0.39 is 12.2 Å². The zero-order valence-electron chi connectivity index (χ0n) is 14.8. The molecule has 3 atom stereocenters. The molecule has 0 aliphatic carbocycles. The molecule has 4 rings (SSSR count). The van der Waals surface area contributed by atoms with Crippen molar-refractivity contribution in [2.75, 3.05) is 13.7 Å². The predicted octanol–water partition coefficient (Wildman–Crippen LogP) is 2.78. The van der Waals surface area contributed by atoms with Gasteiger partial charge in [0.2, 0.25) is 5.91 Å². The molecule has 2 saturated heterocycles. The van der Waals surface area contributed by atoms with Gasteiger partial charge in [-0.25, -0.2) is 5.01 Å². The third-order valence-electron chi connectivity index (χ3n) is 5.09. The minimum Gasteiger partial charge on any atom is -0.468 e. The van der Waals surface area contributed by atoms with Gasteiger partial charge in [-0.05, 0) is 23.3 Å². The fraction of sp³-hybridized carbons (Fsp3) is 0.300. The number of ether oxygens (including phenoxy) is 1. The van der Waals surface area contributed by atoms with Gasteiger partial charge < -0.3 is 4.74 Å². The van der Waals surface area contributed by atoms with E-state index in [1.807, 2.05) is 59.6 Å². The van der Waals surface area contributed by atoms with Crippen LogP contribution in [0.5, 0.6) is 0 Å². The molecule has 0 aromatic heterocycles. The Kier molecular flexibility index (Phi) is 4.99. The maximum absolute atomic E-state index is 12.7. The van der Waals surface area contributed by atoms with Crippen molar-refractivity contribution < 1.29 is 14.3 Å². The number of carbonyl (C=O) groups excluding carboxylic acids is 2. The number of nitrogens with one attached hydrogen (secondary N) is 1. The topological polar surface area (TPSA) is 61.9 Å². The van der Waals surface area contributed by atoms with Crippen LogP contribution in [0.25, 0.3) is 0 Å². The van der Waals surface area contributed by atoms with Gasteiger partial charge in [0, 0.05) is 17.4 Å². The monoisotopic (exact) mass is 429 g/mol. The molecule has 1 amide bonds. The summed E-state index contributed by atoms with van der Waals surface area (Å²) in [6.45, 7) is 0.570. The number of hydrogen-bond acceptors (Lipinski definition) is 5. The Balaban J connectivity index is 1.78. The average molecular weight is 430 g/mol. The lowest BCUT2D eigenvalue weighted by Crippen LogP contribution is -2.63. The Morgan fingerprint density at radius 1 is 1.11 bits per heavy atom. The largest absolute Gasteiger partial charge is 0.468 e. The van der Waals surface area contributed by atoms with Crippen molar-refractivity contribution >= 4 is 27.8 Å². The number of methoxy groups -OCH3 is 1. The lowest BCUT2D eigenvalue weighted by molar-refractivity contribution is -0.173. The van der Waals surface area contributed by atoms with Crippen molar-refractivity contribution in [3.63, 3.8) is 0 Å². The van der Waals surface area contributed by atoms with Crippen LogP contribution >= 0.6 is 15.9 Å². The normalized spacial score (nSPS) is 25.3. The summed E-state index contributed by atoms with van der Waals surface area (Å²) >= 11 is 3.44. The minimum absolute atomic E-state index is 0.0414. The van der Waals surface area contributed by atoms with Crippen molar-refractivity contribution in [2.45, 2.75) is 24.7 Å². The van der Waals surface area contributed by atoms with Gasteiger partial charge in [-0.3, -0.25) is 19.9 Å². The number of benzene rings is 2. The summed E-state index contributed by atoms with van der Waals surface area (Å²) in [5.74, 6) is -0.301. The number of fused-ring (bicyclic) bond motifs is 1. The Hall–Kier alpha value is -2.22. The van der Waals surface area contributed by atoms with Gasteiger partial charge in [0.05, 0.1) is 13.2 Å². The molecule has 140 valence electrons. The van der Waals surface area contributed by atoms with Gasteiger partial charge in [0.15, 0.2) is 0 Å². The van der Waals surface area contributed by atoms with E-state index in [2.05, 4.69) is 21.2 Å². The highest BCUT2D eigenvalue weighted by Gasteiger charge is 2.50. The molecule has 27 heavy (non-hydrogen) atoms. The Labute approximate surface area is 166 Å². The second kappa shape index (κ2) is 7.42. The Morgan fingerprint density at radius 2 is 1.81 bits per heavy atom. The third-order valence-corrected chi connectivity index (χ3v) is 5.62. The molecule has 0 radical (unpaired) electrons. The molecular formula is C20H20BrN3O3. The van der Waals surface area contributed by atoms with Crippen LogP contribution in [0.1, 0.15) is 29.8 Å². The molecule has 6 nitrogen and oxygen atoms in total. The highest BCUT2D eigenvalue weighted by atomic mass is 79.9. The van der Waals surface area contributed by atoms with Gasteiger partial charge in [-0.15, -0.1) is 0 Å². The van der Waals surface area contributed by atoms with Crippen molar-refractivity contribution in [3.05, 3.63) is 70.2 Å². The first kappa shape index (κ1) is 18.2. The number of carbonyl (C=O) groups is 2. The molecule has 0 bridgehead atoms. The van der Waals surface area contributed by atoms with Gasteiger partial charge in [-0.1, -0.05) is 58.4 Å². The van der Waals surface area contributed by atoms with E-state index in [4.69, 9.17) is 4.74 Å². The molecule has 2 fully saturated rings. The summed E-state index contributed by atoms with van der Waals surface area (Å²) in [7, 11) is 1.39. The zero-order valence-corrected chi connectivity index (χ0v) is 16.4. The zero-order chi connectivity index (χ0) is 19.0. The second-order valence-corrected chi connectivity index (χ2v) is 7.54. The lowest BCUT2D eigenvalue weighted by atomic mass is 9.96. The van der Waals surface area contributed by atoms with E-state index >= 15 is 0 Å². The average Bonchev–Trinajstić information content (AvgIpc) is 3.09. The molecule has 0 spiro atoms. The Morgan fingerprint density at radius 3 is 2.48 bits per heavy atom. The van der Waals surface area contributed by atoms with Crippen LogP contribution in [-0.2, 0) is 14.3 Å². The number of hydrazine groups is 1. The van der Waals surface area contributed by atoms with Crippen LogP contribution < -0.4 is 5.32 Å². The molecule has 2 aliphatic heterocycles. The maximum Gasteiger partial charge on any atom is 0.325 e. The van der Waals surface area contributed by atoms with Gasteiger partial charge in [-0.2, -0.15) is 0 Å². The number of nitrogens with zero attached hydrogens (tertiary/aromatic N) is 2. The summed E-state index contributed by atoms with van der Waals surface area (Å²) in [6.07, 6.45) is 0.00326. The van der Waals surface area contributed by atoms with Crippen LogP contribution in [0.15, 0.2) is 59.1 Å². The first-order chi connectivity index (χ1) is 13.1. The van der Waals surface area contributed by atoms with Crippen molar-refractivity contribution in [1.29, 1.82) is 0 Å². The first-order valence-corrected chi connectivity index (χ1v) is 9.62. The van der Waals surface area contributed by atoms with Crippen LogP contribution in [-0.4, -0.2) is 41.6 Å². The fourth-order valence-electron chi connectivity index (χ4n) is 3.87. The van der Waals surface area contributed by atoms with Crippen molar-refractivity contribution in [3.8, 4) is 0 Å². The Bertz CT molecular complexity index is 843. The van der Waals surface area contributed by atoms with Gasteiger partial charge >= 0.3 is 5.97 Å². The molecule has 0 saturated carbocycles. The van der Waals surface area contributed by atoms with E-state index in [1.165, 1.54) is 7.11 Å².